The summed E-state index contributed by atoms with van der Waals surface area (Å²) in [6, 6.07) is 47.7. The molecular weight excluding hydrogens is 637 g/mol. The largest absolute Gasteiger partial charge is 0.308 e. The van der Waals surface area contributed by atoms with Gasteiger partial charge in [0.2, 0.25) is 0 Å². The molecule has 1 aliphatic carbocycles. The topological polar surface area (TPSA) is 79.8 Å². The maximum atomic E-state index is 10.0. The summed E-state index contributed by atoms with van der Waals surface area (Å²) >= 11 is 0. The molecule has 246 valence electrons. The van der Waals surface area contributed by atoms with Gasteiger partial charge in [-0.2, -0.15) is 10.5 Å². The third-order valence-corrected chi connectivity index (χ3v) is 11.5. The quantitative estimate of drug-likeness (QED) is 0.182. The molecule has 0 fully saturated rings. The van der Waals surface area contributed by atoms with Crippen LogP contribution in [0.2, 0.25) is 0 Å². The highest BCUT2D eigenvalue weighted by atomic mass is 15.2. The standard InChI is InChI=1S/C46H32N6/c1-45(2)30-16-5-9-20-36(30)51(37-21-10-6-17-31(37)45)40-24-29-41-27(42-43(29)50-35(26-48)34(25-47)49-42)14-13-15-28(41)44(40)52-38-22-11-7-18-32(38)46(3,4)33-19-8-12-23-39(33)52/h5-24H,1-4H3. The first-order chi connectivity index (χ1) is 25.3. The lowest BCUT2D eigenvalue weighted by atomic mass is 9.73. The Kier molecular flexibility index (Phi) is 6.01. The fourth-order valence-electron chi connectivity index (χ4n) is 9.05. The minimum atomic E-state index is -0.244. The van der Waals surface area contributed by atoms with E-state index in [1.165, 1.54) is 22.3 Å². The Hall–Kier alpha value is -6.76. The van der Waals surface area contributed by atoms with Crippen molar-refractivity contribution in [3.63, 3.8) is 0 Å². The van der Waals surface area contributed by atoms with Crippen molar-refractivity contribution in [2.75, 3.05) is 9.80 Å². The molecule has 0 bridgehead atoms. The van der Waals surface area contributed by atoms with Crippen LogP contribution in [0, 0.1) is 22.7 Å². The summed E-state index contributed by atoms with van der Waals surface area (Å²) in [6.45, 7) is 9.22. The molecule has 1 aromatic heterocycles. The zero-order valence-electron chi connectivity index (χ0n) is 29.2. The van der Waals surface area contributed by atoms with Gasteiger partial charge in [-0.1, -0.05) is 119 Å². The molecule has 6 aromatic carbocycles. The Morgan fingerprint density at radius 3 is 1.37 bits per heavy atom. The van der Waals surface area contributed by atoms with Crippen LogP contribution in [-0.4, -0.2) is 9.97 Å². The number of hydrogen-bond acceptors (Lipinski definition) is 6. The minimum Gasteiger partial charge on any atom is -0.308 e. The SMILES string of the molecule is CC1(C)c2ccccc2N(c2cc3c4c(cccc4c2N2c4ccccc4C(C)(C)c4ccccc42)-c2nc(C#N)c(C#N)nc2-3)c2ccccc21. The Bertz CT molecular complexity index is 2700. The van der Waals surface area contributed by atoms with Crippen molar-refractivity contribution < 1.29 is 0 Å². The summed E-state index contributed by atoms with van der Waals surface area (Å²) in [5, 5.41) is 22.0. The molecule has 0 radical (unpaired) electrons. The van der Waals surface area contributed by atoms with E-state index in [9.17, 15) is 10.5 Å². The van der Waals surface area contributed by atoms with Crippen molar-refractivity contribution in [2.45, 2.75) is 38.5 Å². The van der Waals surface area contributed by atoms with E-state index in [-0.39, 0.29) is 22.2 Å². The van der Waals surface area contributed by atoms with Crippen LogP contribution in [0.4, 0.5) is 34.1 Å². The molecule has 10 rings (SSSR count). The van der Waals surface area contributed by atoms with Gasteiger partial charge in [-0.25, -0.2) is 9.97 Å². The number of nitrogens with zero attached hydrogens (tertiary/aromatic N) is 6. The molecule has 0 N–H and O–H groups in total. The molecule has 3 aliphatic rings. The van der Waals surface area contributed by atoms with Crippen LogP contribution in [0.3, 0.4) is 0 Å². The van der Waals surface area contributed by atoms with E-state index in [0.717, 1.165) is 56.0 Å². The normalized spacial score (nSPS) is 15.1. The lowest BCUT2D eigenvalue weighted by molar-refractivity contribution is 0.630. The fraction of sp³-hybridized carbons (Fsp3) is 0.130. The summed E-state index contributed by atoms with van der Waals surface area (Å²) in [5.74, 6) is 0. The van der Waals surface area contributed by atoms with Crippen molar-refractivity contribution in [2.24, 2.45) is 0 Å². The van der Waals surface area contributed by atoms with Gasteiger partial charge >= 0.3 is 0 Å². The van der Waals surface area contributed by atoms with E-state index in [1.807, 2.05) is 0 Å². The summed E-state index contributed by atoms with van der Waals surface area (Å²) in [5.41, 5.74) is 14.1. The third-order valence-electron chi connectivity index (χ3n) is 11.5. The average molecular weight is 669 g/mol. The van der Waals surface area contributed by atoms with Crippen molar-refractivity contribution in [1.82, 2.24) is 9.97 Å². The second-order valence-corrected chi connectivity index (χ2v) is 14.9. The van der Waals surface area contributed by atoms with E-state index in [0.29, 0.717) is 11.4 Å². The number of fused-ring (bicyclic) bond motifs is 7. The Balaban J connectivity index is 1.40. The molecule has 0 saturated carbocycles. The van der Waals surface area contributed by atoms with E-state index < -0.39 is 0 Å². The van der Waals surface area contributed by atoms with Gasteiger partial charge in [0.15, 0.2) is 11.4 Å². The smallest absolute Gasteiger partial charge is 0.177 e. The number of anilines is 6. The highest BCUT2D eigenvalue weighted by Gasteiger charge is 2.42. The van der Waals surface area contributed by atoms with Crippen LogP contribution in [0.1, 0.15) is 61.3 Å². The van der Waals surface area contributed by atoms with Crippen LogP contribution in [0.5, 0.6) is 0 Å². The summed E-state index contributed by atoms with van der Waals surface area (Å²) in [6.07, 6.45) is 0. The molecule has 3 heterocycles. The molecule has 7 aromatic rings. The molecule has 0 spiro atoms. The molecule has 2 aliphatic heterocycles. The zero-order valence-corrected chi connectivity index (χ0v) is 29.2. The van der Waals surface area contributed by atoms with Crippen LogP contribution >= 0.6 is 0 Å². The highest BCUT2D eigenvalue weighted by Crippen LogP contribution is 2.61. The monoisotopic (exact) mass is 668 g/mol. The van der Waals surface area contributed by atoms with Crippen LogP contribution in [-0.2, 0) is 10.8 Å². The first-order valence-electron chi connectivity index (χ1n) is 17.6. The van der Waals surface area contributed by atoms with E-state index in [1.54, 1.807) is 0 Å². The highest BCUT2D eigenvalue weighted by molar-refractivity contribution is 6.22. The first kappa shape index (κ1) is 30.1. The Morgan fingerprint density at radius 2 is 0.904 bits per heavy atom. The van der Waals surface area contributed by atoms with Gasteiger partial charge in [-0.15, -0.1) is 0 Å². The second-order valence-electron chi connectivity index (χ2n) is 14.9. The van der Waals surface area contributed by atoms with Crippen molar-refractivity contribution in [1.29, 1.82) is 10.5 Å². The van der Waals surface area contributed by atoms with Gasteiger partial charge in [0, 0.05) is 32.7 Å². The van der Waals surface area contributed by atoms with E-state index in [4.69, 9.17) is 9.97 Å². The Morgan fingerprint density at radius 1 is 0.481 bits per heavy atom. The summed E-state index contributed by atoms with van der Waals surface area (Å²) in [7, 11) is 0. The van der Waals surface area contributed by atoms with Crippen molar-refractivity contribution >= 4 is 44.9 Å². The average Bonchev–Trinajstić information content (AvgIpc) is 3.48. The minimum absolute atomic E-state index is 0.0318. The Labute approximate surface area is 302 Å². The number of benzene rings is 6. The molecule has 0 unspecified atom stereocenters. The molecule has 6 heteroatoms. The summed E-state index contributed by atoms with van der Waals surface area (Å²) < 4.78 is 0. The van der Waals surface area contributed by atoms with Gasteiger partial charge < -0.3 is 9.80 Å². The zero-order chi connectivity index (χ0) is 35.5. The van der Waals surface area contributed by atoms with Crippen molar-refractivity contribution in [3.8, 4) is 34.7 Å². The molecule has 0 atom stereocenters. The molecule has 0 saturated heterocycles. The lowest BCUT2D eigenvalue weighted by Crippen LogP contribution is -2.33. The molecule has 6 nitrogen and oxygen atoms in total. The predicted molar refractivity (Wildman–Crippen MR) is 207 cm³/mol. The van der Waals surface area contributed by atoms with Gasteiger partial charge in [0.1, 0.15) is 12.1 Å². The number of rotatable bonds is 2. The lowest BCUT2D eigenvalue weighted by Gasteiger charge is -2.46. The van der Waals surface area contributed by atoms with Gasteiger partial charge in [0.05, 0.1) is 45.5 Å². The number of para-hydroxylation sites is 4. The van der Waals surface area contributed by atoms with Gasteiger partial charge in [0.25, 0.3) is 0 Å². The number of nitriles is 2. The molecular formula is C46H32N6. The van der Waals surface area contributed by atoms with E-state index >= 15 is 0 Å². The van der Waals surface area contributed by atoms with Crippen LogP contribution < -0.4 is 9.80 Å². The number of hydrogen-bond donors (Lipinski definition) is 0. The van der Waals surface area contributed by atoms with Gasteiger partial charge in [-0.05, 0) is 52.6 Å². The molecule has 0 amide bonds. The second kappa shape index (κ2) is 10.4. The first-order valence-corrected chi connectivity index (χ1v) is 17.6. The van der Waals surface area contributed by atoms with Crippen molar-refractivity contribution in [3.05, 3.63) is 155 Å². The van der Waals surface area contributed by atoms with Crippen LogP contribution in [0.15, 0.2) is 121 Å². The predicted octanol–water partition coefficient (Wildman–Crippen LogP) is 11.2. The summed E-state index contributed by atoms with van der Waals surface area (Å²) in [4.78, 5) is 14.5. The molecule has 52 heavy (non-hydrogen) atoms. The maximum absolute atomic E-state index is 10.0. The number of aromatic nitrogens is 2. The van der Waals surface area contributed by atoms with E-state index in [2.05, 4.69) is 171 Å². The fourth-order valence-corrected chi connectivity index (χ4v) is 9.05. The maximum Gasteiger partial charge on any atom is 0.177 e. The van der Waals surface area contributed by atoms with Gasteiger partial charge in [-0.3, -0.25) is 0 Å². The van der Waals surface area contributed by atoms with Crippen LogP contribution in [0.25, 0.3) is 33.3 Å². The third kappa shape index (κ3) is 3.76.